The molecule has 8 heteroatoms. The number of carbonyl (C=O) groups excluding carboxylic acids is 1. The molecule has 0 amide bonds. The van der Waals surface area contributed by atoms with Gasteiger partial charge < -0.3 is 29.1 Å². The van der Waals surface area contributed by atoms with Gasteiger partial charge in [0.15, 0.2) is 6.29 Å². The molecular weight excluding hydrogens is 388 g/mol. The summed E-state index contributed by atoms with van der Waals surface area (Å²) in [7, 11) is 1.58. The molecule has 0 radical (unpaired) electrons. The average Bonchev–Trinajstić information content (AvgIpc) is 2.70. The predicted molar refractivity (Wildman–Crippen MR) is 111 cm³/mol. The van der Waals surface area contributed by atoms with E-state index in [9.17, 15) is 4.79 Å². The topological polar surface area (TPSA) is 87.6 Å². The van der Waals surface area contributed by atoms with Crippen molar-refractivity contribution < 1.29 is 28.5 Å². The fourth-order valence-electron chi connectivity index (χ4n) is 3.64. The van der Waals surface area contributed by atoms with Gasteiger partial charge in [0, 0.05) is 18.7 Å². The second-order valence-electron chi connectivity index (χ2n) is 8.57. The largest absolute Gasteiger partial charge is 0.460 e. The molecule has 0 unspecified atom stereocenters. The van der Waals surface area contributed by atoms with Crippen LogP contribution < -0.4 is 5.43 Å². The molecule has 3 rings (SSSR count). The van der Waals surface area contributed by atoms with Gasteiger partial charge in [0.1, 0.15) is 18.4 Å². The number of fused-ring (bicyclic) bond motifs is 1. The number of ether oxygens (including phenoxy) is 5. The van der Waals surface area contributed by atoms with E-state index in [4.69, 9.17) is 23.7 Å². The number of hydrogen-bond acceptors (Lipinski definition) is 8. The van der Waals surface area contributed by atoms with E-state index in [0.29, 0.717) is 19.6 Å². The van der Waals surface area contributed by atoms with Crippen LogP contribution in [0.2, 0.25) is 0 Å². The van der Waals surface area contributed by atoms with Gasteiger partial charge in [0.25, 0.3) is 0 Å². The van der Waals surface area contributed by atoms with Crippen LogP contribution in [0.3, 0.4) is 0 Å². The zero-order chi connectivity index (χ0) is 21.6. The van der Waals surface area contributed by atoms with E-state index in [0.717, 1.165) is 11.3 Å². The Kier molecular flexibility index (Phi) is 7.82. The number of benzene rings is 1. The molecule has 8 nitrogen and oxygen atoms in total. The van der Waals surface area contributed by atoms with E-state index >= 15 is 0 Å². The summed E-state index contributed by atoms with van der Waals surface area (Å²) >= 11 is 0. The van der Waals surface area contributed by atoms with Crippen LogP contribution in [0, 0.1) is 5.92 Å². The third-order valence-electron chi connectivity index (χ3n) is 4.93. The maximum atomic E-state index is 12.2. The maximum Gasteiger partial charge on any atom is 0.312 e. The lowest BCUT2D eigenvalue weighted by Crippen LogP contribution is -2.58. The number of carbonyl (C=O) groups is 1. The Morgan fingerprint density at radius 3 is 2.70 bits per heavy atom. The van der Waals surface area contributed by atoms with Crippen LogP contribution in [0.15, 0.2) is 35.4 Å². The van der Waals surface area contributed by atoms with E-state index in [-0.39, 0.29) is 37.2 Å². The minimum Gasteiger partial charge on any atom is -0.460 e. The molecule has 1 N–H and O–H groups in total. The van der Waals surface area contributed by atoms with Gasteiger partial charge in [-0.15, -0.1) is 0 Å². The standard InChI is InChI=1S/C22H32N2O6/c1-22(2,3)30-19(25)11-16-10-17-18(29-14-26-4)13-28-21(20(17)24-23-16)27-12-15-8-6-5-7-9-15/h5-9,17-18,20-21,24H,10-14H2,1-4H3/t17-,18+,20-,21-/m0/s1. The Morgan fingerprint density at radius 2 is 2.00 bits per heavy atom. The fourth-order valence-corrected chi connectivity index (χ4v) is 3.64. The Labute approximate surface area is 177 Å². The van der Waals surface area contributed by atoms with Crippen molar-refractivity contribution in [1.29, 1.82) is 0 Å². The van der Waals surface area contributed by atoms with Gasteiger partial charge in [-0.05, 0) is 32.8 Å². The van der Waals surface area contributed by atoms with E-state index in [1.54, 1.807) is 7.11 Å². The van der Waals surface area contributed by atoms with Crippen LogP contribution >= 0.6 is 0 Å². The second-order valence-corrected chi connectivity index (χ2v) is 8.57. The summed E-state index contributed by atoms with van der Waals surface area (Å²) in [6, 6.07) is 9.75. The molecule has 0 spiro atoms. The summed E-state index contributed by atoms with van der Waals surface area (Å²) in [5.74, 6) is -0.260. The normalized spacial score (nSPS) is 26.3. The molecule has 1 aromatic rings. The highest BCUT2D eigenvalue weighted by atomic mass is 16.7. The Bertz CT molecular complexity index is 718. The fraction of sp³-hybridized carbons (Fsp3) is 0.636. The van der Waals surface area contributed by atoms with Gasteiger partial charge in [0.05, 0.1) is 25.7 Å². The second kappa shape index (κ2) is 10.3. The Balaban J connectivity index is 1.65. The summed E-state index contributed by atoms with van der Waals surface area (Å²) in [5, 5.41) is 4.42. The van der Waals surface area contributed by atoms with Crippen LogP contribution in [0.5, 0.6) is 0 Å². The quantitative estimate of drug-likeness (QED) is 0.511. The molecule has 1 fully saturated rings. The third kappa shape index (κ3) is 6.50. The van der Waals surface area contributed by atoms with Crippen molar-refractivity contribution in [3.8, 4) is 0 Å². The third-order valence-corrected chi connectivity index (χ3v) is 4.93. The van der Waals surface area contributed by atoms with Gasteiger partial charge in [0.2, 0.25) is 0 Å². The molecule has 166 valence electrons. The van der Waals surface area contributed by atoms with Gasteiger partial charge in [-0.1, -0.05) is 30.3 Å². The molecule has 0 bridgehead atoms. The van der Waals surface area contributed by atoms with Crippen molar-refractivity contribution >= 4 is 11.7 Å². The number of nitrogens with zero attached hydrogens (tertiary/aromatic N) is 1. The first kappa shape index (κ1) is 22.7. The minimum absolute atomic E-state index is 0.0320. The summed E-state index contributed by atoms with van der Waals surface area (Å²) in [5.41, 5.74) is 4.42. The van der Waals surface area contributed by atoms with Gasteiger partial charge in [-0.25, -0.2) is 0 Å². The lowest BCUT2D eigenvalue weighted by Gasteiger charge is -2.44. The first-order valence-electron chi connectivity index (χ1n) is 10.3. The van der Waals surface area contributed by atoms with Crippen molar-refractivity contribution in [2.75, 3.05) is 20.5 Å². The van der Waals surface area contributed by atoms with Crippen LogP contribution in [0.25, 0.3) is 0 Å². The van der Waals surface area contributed by atoms with Crippen molar-refractivity contribution in [2.45, 2.75) is 64.3 Å². The molecule has 1 aromatic carbocycles. The van der Waals surface area contributed by atoms with Crippen molar-refractivity contribution in [3.05, 3.63) is 35.9 Å². The van der Waals surface area contributed by atoms with Crippen LogP contribution in [0.1, 0.15) is 39.2 Å². The van der Waals surface area contributed by atoms with Crippen LogP contribution in [-0.4, -0.2) is 56.2 Å². The van der Waals surface area contributed by atoms with Crippen molar-refractivity contribution in [3.63, 3.8) is 0 Å². The molecule has 1 saturated heterocycles. The minimum atomic E-state index is -0.526. The van der Waals surface area contributed by atoms with Crippen molar-refractivity contribution in [1.82, 2.24) is 5.43 Å². The van der Waals surface area contributed by atoms with E-state index in [1.807, 2.05) is 51.1 Å². The predicted octanol–water partition coefficient (Wildman–Crippen LogP) is 2.61. The number of methoxy groups -OCH3 is 1. The molecule has 2 aliphatic rings. The molecular formula is C22H32N2O6. The number of hydrazone groups is 1. The van der Waals surface area contributed by atoms with E-state index in [2.05, 4.69) is 10.5 Å². The molecule has 4 atom stereocenters. The van der Waals surface area contributed by atoms with E-state index in [1.165, 1.54) is 0 Å². The number of hydrogen-bond donors (Lipinski definition) is 1. The number of esters is 1. The van der Waals surface area contributed by atoms with Gasteiger partial charge >= 0.3 is 5.97 Å². The molecule has 0 saturated carbocycles. The SMILES string of the molecule is COCO[C@@H]1CO[C@H](OCc2ccccc2)[C@H]2NN=C(CC(=O)OC(C)(C)C)C[C@H]21. The first-order chi connectivity index (χ1) is 14.4. The smallest absolute Gasteiger partial charge is 0.312 e. The first-order valence-corrected chi connectivity index (χ1v) is 10.3. The number of rotatable bonds is 8. The summed E-state index contributed by atoms with van der Waals surface area (Å²) in [6.45, 7) is 6.54. The highest BCUT2D eigenvalue weighted by molar-refractivity contribution is 5.99. The molecule has 30 heavy (non-hydrogen) atoms. The highest BCUT2D eigenvalue weighted by Crippen LogP contribution is 2.31. The number of nitrogens with one attached hydrogen (secondary N) is 1. The molecule has 0 aliphatic carbocycles. The van der Waals surface area contributed by atoms with E-state index < -0.39 is 11.9 Å². The Morgan fingerprint density at radius 1 is 1.23 bits per heavy atom. The van der Waals surface area contributed by atoms with Gasteiger partial charge in [-0.2, -0.15) is 5.10 Å². The molecule has 2 aliphatic heterocycles. The lowest BCUT2D eigenvalue weighted by atomic mass is 9.84. The molecule has 2 heterocycles. The zero-order valence-corrected chi connectivity index (χ0v) is 18.1. The summed E-state index contributed by atoms with van der Waals surface area (Å²) < 4.78 is 28.3. The average molecular weight is 421 g/mol. The highest BCUT2D eigenvalue weighted by Gasteiger charge is 2.44. The zero-order valence-electron chi connectivity index (χ0n) is 18.1. The van der Waals surface area contributed by atoms with Gasteiger partial charge in [-0.3, -0.25) is 4.79 Å². The lowest BCUT2D eigenvalue weighted by molar-refractivity contribution is -0.243. The van der Waals surface area contributed by atoms with Crippen LogP contribution in [-0.2, 0) is 35.1 Å². The summed E-state index contributed by atoms with van der Waals surface area (Å²) in [6.07, 6.45) is 0.0772. The monoisotopic (exact) mass is 420 g/mol. The van der Waals surface area contributed by atoms with Crippen molar-refractivity contribution in [2.24, 2.45) is 11.0 Å². The Hall–Kier alpha value is -2.00. The molecule has 0 aromatic heterocycles. The van der Waals surface area contributed by atoms with Crippen LogP contribution in [0.4, 0.5) is 0 Å². The summed E-state index contributed by atoms with van der Waals surface area (Å²) in [4.78, 5) is 12.2. The maximum absolute atomic E-state index is 12.2.